The molecule has 4 nitrogen and oxygen atoms in total. The number of hydrogen-bond acceptors (Lipinski definition) is 4. The molecule has 0 unspecified atom stereocenters. The van der Waals surface area contributed by atoms with Gasteiger partial charge in [0.05, 0.1) is 0 Å². The van der Waals surface area contributed by atoms with Crippen LogP contribution in [0.1, 0.15) is 0 Å². The standard InChI is InChI=1S/C10H5Cl2N3O/c11-4-1-2-6-5(3-4)7-8(16-6)9(12)15-10(13)14-7/h1-3H,(H2,13,14,15). The Morgan fingerprint density at radius 2 is 2.00 bits per heavy atom. The van der Waals surface area contributed by atoms with E-state index in [1.54, 1.807) is 18.2 Å². The minimum absolute atomic E-state index is 0.111. The van der Waals surface area contributed by atoms with Crippen LogP contribution in [0.25, 0.3) is 22.1 Å². The Hall–Kier alpha value is -1.52. The zero-order valence-electron chi connectivity index (χ0n) is 7.87. The molecule has 0 spiro atoms. The normalized spacial score (nSPS) is 11.4. The number of nitrogen functional groups attached to an aromatic ring is 1. The highest BCUT2D eigenvalue weighted by Crippen LogP contribution is 2.32. The van der Waals surface area contributed by atoms with Crippen molar-refractivity contribution < 1.29 is 4.42 Å². The van der Waals surface area contributed by atoms with E-state index in [2.05, 4.69) is 9.97 Å². The molecule has 2 heterocycles. The maximum atomic E-state index is 5.92. The van der Waals surface area contributed by atoms with E-state index in [1.165, 1.54) is 0 Å². The van der Waals surface area contributed by atoms with Crippen LogP contribution in [0.5, 0.6) is 0 Å². The highest BCUT2D eigenvalue weighted by Gasteiger charge is 2.13. The molecule has 3 aromatic rings. The summed E-state index contributed by atoms with van der Waals surface area (Å²) < 4.78 is 5.52. The minimum atomic E-state index is 0.111. The number of aromatic nitrogens is 2. The second-order valence-electron chi connectivity index (χ2n) is 3.29. The Morgan fingerprint density at radius 1 is 1.19 bits per heavy atom. The second kappa shape index (κ2) is 3.23. The Morgan fingerprint density at radius 3 is 2.81 bits per heavy atom. The van der Waals surface area contributed by atoms with Crippen LogP contribution < -0.4 is 5.73 Å². The Kier molecular flexibility index (Phi) is 1.96. The topological polar surface area (TPSA) is 64.9 Å². The Bertz CT molecular complexity index is 708. The van der Waals surface area contributed by atoms with Gasteiger partial charge in [0.2, 0.25) is 5.95 Å². The third kappa shape index (κ3) is 1.31. The van der Waals surface area contributed by atoms with E-state index >= 15 is 0 Å². The number of benzene rings is 1. The largest absolute Gasteiger partial charge is 0.451 e. The number of furan rings is 1. The van der Waals surface area contributed by atoms with Gasteiger partial charge in [0.15, 0.2) is 10.7 Å². The van der Waals surface area contributed by atoms with Gasteiger partial charge in [0.1, 0.15) is 11.1 Å². The number of nitrogens with two attached hydrogens (primary N) is 1. The zero-order chi connectivity index (χ0) is 11.3. The molecular weight excluding hydrogens is 249 g/mol. The van der Waals surface area contributed by atoms with Gasteiger partial charge in [0.25, 0.3) is 0 Å². The highest BCUT2D eigenvalue weighted by molar-refractivity contribution is 6.35. The van der Waals surface area contributed by atoms with E-state index in [0.717, 1.165) is 5.39 Å². The van der Waals surface area contributed by atoms with Crippen molar-refractivity contribution in [1.29, 1.82) is 0 Å². The van der Waals surface area contributed by atoms with Gasteiger partial charge < -0.3 is 10.2 Å². The fraction of sp³-hybridized carbons (Fsp3) is 0. The van der Waals surface area contributed by atoms with E-state index in [-0.39, 0.29) is 11.1 Å². The molecule has 80 valence electrons. The molecule has 0 radical (unpaired) electrons. The average molecular weight is 254 g/mol. The molecule has 2 N–H and O–H groups in total. The molecule has 3 rings (SSSR count). The van der Waals surface area contributed by atoms with Crippen LogP contribution >= 0.6 is 23.2 Å². The third-order valence-corrected chi connectivity index (χ3v) is 2.74. The molecule has 0 aliphatic carbocycles. The predicted octanol–water partition coefficient (Wildman–Crippen LogP) is 3.27. The van der Waals surface area contributed by atoms with Crippen molar-refractivity contribution in [3.05, 3.63) is 28.4 Å². The summed E-state index contributed by atoms with van der Waals surface area (Å²) in [7, 11) is 0. The molecule has 0 saturated heterocycles. The molecule has 0 saturated carbocycles. The van der Waals surface area contributed by atoms with Crippen LogP contribution in [0, 0.1) is 0 Å². The molecule has 0 aliphatic rings. The molecule has 6 heteroatoms. The van der Waals surface area contributed by atoms with Crippen LogP contribution in [0.3, 0.4) is 0 Å². The summed E-state index contributed by atoms with van der Waals surface area (Å²) in [6, 6.07) is 5.24. The summed E-state index contributed by atoms with van der Waals surface area (Å²) in [6.07, 6.45) is 0. The number of anilines is 1. The first-order chi connectivity index (χ1) is 7.65. The van der Waals surface area contributed by atoms with E-state index in [1.807, 2.05) is 0 Å². The minimum Gasteiger partial charge on any atom is -0.451 e. The van der Waals surface area contributed by atoms with Crippen LogP contribution in [-0.4, -0.2) is 9.97 Å². The van der Waals surface area contributed by atoms with Gasteiger partial charge in [-0.1, -0.05) is 23.2 Å². The number of fused-ring (bicyclic) bond motifs is 3. The SMILES string of the molecule is Nc1nc(Cl)c2oc3ccc(Cl)cc3c2n1. The maximum Gasteiger partial charge on any atom is 0.222 e. The fourth-order valence-corrected chi connectivity index (χ4v) is 1.99. The first kappa shape index (κ1) is 9.69. The van der Waals surface area contributed by atoms with Crippen molar-refractivity contribution in [1.82, 2.24) is 9.97 Å². The predicted molar refractivity (Wildman–Crippen MR) is 63.7 cm³/mol. The smallest absolute Gasteiger partial charge is 0.222 e. The summed E-state index contributed by atoms with van der Waals surface area (Å²) >= 11 is 11.8. The number of rotatable bonds is 0. The second-order valence-corrected chi connectivity index (χ2v) is 4.09. The lowest BCUT2D eigenvalue weighted by Gasteiger charge is -1.93. The van der Waals surface area contributed by atoms with E-state index in [4.69, 9.17) is 33.4 Å². The molecule has 0 bridgehead atoms. The van der Waals surface area contributed by atoms with Gasteiger partial charge in [-0.05, 0) is 18.2 Å². The van der Waals surface area contributed by atoms with Crippen LogP contribution in [-0.2, 0) is 0 Å². The summed E-state index contributed by atoms with van der Waals surface area (Å²) in [5, 5.41) is 1.58. The molecule has 0 atom stereocenters. The molecule has 1 aromatic carbocycles. The van der Waals surface area contributed by atoms with Crippen LogP contribution in [0.4, 0.5) is 5.95 Å². The summed E-state index contributed by atoms with van der Waals surface area (Å²) in [6.45, 7) is 0. The Balaban J connectivity index is 2.57. The number of hydrogen-bond donors (Lipinski definition) is 1. The van der Waals surface area contributed by atoms with Crippen molar-refractivity contribution in [2.75, 3.05) is 5.73 Å². The molecule has 2 aromatic heterocycles. The highest BCUT2D eigenvalue weighted by atomic mass is 35.5. The average Bonchev–Trinajstić information content (AvgIpc) is 2.57. The van der Waals surface area contributed by atoms with Crippen molar-refractivity contribution in [2.45, 2.75) is 0 Å². The van der Waals surface area contributed by atoms with Gasteiger partial charge >= 0.3 is 0 Å². The lowest BCUT2D eigenvalue weighted by molar-refractivity contribution is 0.666. The van der Waals surface area contributed by atoms with Crippen molar-refractivity contribution in [2.24, 2.45) is 0 Å². The first-order valence-electron chi connectivity index (χ1n) is 4.46. The first-order valence-corrected chi connectivity index (χ1v) is 5.21. The summed E-state index contributed by atoms with van der Waals surface area (Å²) in [5.41, 5.74) is 7.19. The molecule has 0 amide bonds. The van der Waals surface area contributed by atoms with E-state index in [9.17, 15) is 0 Å². The van der Waals surface area contributed by atoms with Gasteiger partial charge in [-0.25, -0.2) is 4.98 Å². The maximum absolute atomic E-state index is 5.92. The molecule has 0 aliphatic heterocycles. The quantitative estimate of drug-likeness (QED) is 0.625. The zero-order valence-corrected chi connectivity index (χ0v) is 9.38. The number of halogens is 2. The summed E-state index contributed by atoms with van der Waals surface area (Å²) in [4.78, 5) is 7.92. The van der Waals surface area contributed by atoms with Crippen molar-refractivity contribution in [3.63, 3.8) is 0 Å². The van der Waals surface area contributed by atoms with Gasteiger partial charge in [-0.3, -0.25) is 0 Å². The third-order valence-electron chi connectivity index (χ3n) is 2.25. The number of nitrogens with zero attached hydrogens (tertiary/aromatic N) is 2. The van der Waals surface area contributed by atoms with Crippen LogP contribution in [0.15, 0.2) is 22.6 Å². The van der Waals surface area contributed by atoms with Crippen LogP contribution in [0.2, 0.25) is 10.2 Å². The monoisotopic (exact) mass is 253 g/mol. The van der Waals surface area contributed by atoms with E-state index < -0.39 is 0 Å². The Labute approximate surface area is 100.0 Å². The lowest BCUT2D eigenvalue weighted by atomic mass is 10.2. The van der Waals surface area contributed by atoms with Gasteiger partial charge in [-0.2, -0.15) is 4.98 Å². The summed E-state index contributed by atoms with van der Waals surface area (Å²) in [5.74, 6) is 0.111. The van der Waals surface area contributed by atoms with Crippen molar-refractivity contribution >= 4 is 51.2 Å². The van der Waals surface area contributed by atoms with Gasteiger partial charge in [0, 0.05) is 10.4 Å². The molecular formula is C10H5Cl2N3O. The van der Waals surface area contributed by atoms with E-state index in [0.29, 0.717) is 21.7 Å². The molecule has 0 fully saturated rings. The fourth-order valence-electron chi connectivity index (χ4n) is 1.60. The van der Waals surface area contributed by atoms with Gasteiger partial charge in [-0.15, -0.1) is 0 Å². The van der Waals surface area contributed by atoms with Crippen molar-refractivity contribution in [3.8, 4) is 0 Å². The lowest BCUT2D eigenvalue weighted by Crippen LogP contribution is -1.94. The molecule has 16 heavy (non-hydrogen) atoms.